The summed E-state index contributed by atoms with van der Waals surface area (Å²) < 4.78 is 5.63. The second kappa shape index (κ2) is 6.99. The van der Waals surface area contributed by atoms with Crippen LogP contribution in [0, 0.1) is 0 Å². The molecule has 2 aromatic rings. The van der Waals surface area contributed by atoms with Crippen LogP contribution in [-0.2, 0) is 9.53 Å². The number of para-hydroxylation sites is 1. The number of pyridine rings is 1. The molecule has 3 rings (SSSR count). The second-order valence-electron chi connectivity index (χ2n) is 6.41. The SMILES string of the molecule is NC(=O)C1(OC(=O)c2ccc3ccccc3n2)CCCCCCC1. The third-order valence-electron chi connectivity index (χ3n) is 4.71. The molecule has 1 heterocycles. The van der Waals surface area contributed by atoms with Gasteiger partial charge in [0.05, 0.1) is 5.52 Å². The topological polar surface area (TPSA) is 82.3 Å². The van der Waals surface area contributed by atoms with Gasteiger partial charge in [-0.15, -0.1) is 0 Å². The van der Waals surface area contributed by atoms with Gasteiger partial charge < -0.3 is 10.5 Å². The Bertz CT molecular complexity index is 749. The molecule has 0 aliphatic heterocycles. The first kappa shape index (κ1) is 16.4. The van der Waals surface area contributed by atoms with Crippen molar-refractivity contribution in [2.45, 2.75) is 50.5 Å². The highest BCUT2D eigenvalue weighted by molar-refractivity contribution is 5.94. The lowest BCUT2D eigenvalue weighted by atomic mass is 9.86. The lowest BCUT2D eigenvalue weighted by Crippen LogP contribution is -2.48. The number of hydrogen-bond donors (Lipinski definition) is 1. The van der Waals surface area contributed by atoms with E-state index in [0.717, 1.165) is 43.0 Å². The van der Waals surface area contributed by atoms with Crippen LogP contribution in [0.25, 0.3) is 10.9 Å². The first-order chi connectivity index (χ1) is 11.6. The van der Waals surface area contributed by atoms with Gasteiger partial charge in [0.2, 0.25) is 0 Å². The number of benzene rings is 1. The third-order valence-corrected chi connectivity index (χ3v) is 4.71. The summed E-state index contributed by atoms with van der Waals surface area (Å²) in [6.07, 6.45) is 5.85. The molecule has 1 aliphatic carbocycles. The number of rotatable bonds is 3. The van der Waals surface area contributed by atoms with E-state index in [9.17, 15) is 9.59 Å². The van der Waals surface area contributed by atoms with Gasteiger partial charge in [-0.2, -0.15) is 0 Å². The average Bonchev–Trinajstić information content (AvgIpc) is 2.56. The monoisotopic (exact) mass is 326 g/mol. The standard InChI is InChI=1S/C19H22N2O3/c20-18(23)19(12-6-2-1-3-7-13-19)24-17(22)16-11-10-14-8-4-5-9-15(14)21-16/h4-5,8-11H,1-3,6-7,12-13H2,(H2,20,23). The zero-order valence-electron chi connectivity index (χ0n) is 13.7. The molecule has 126 valence electrons. The molecule has 0 unspecified atom stereocenters. The van der Waals surface area contributed by atoms with Crippen LogP contribution in [0.2, 0.25) is 0 Å². The number of esters is 1. The fraction of sp³-hybridized carbons (Fsp3) is 0.421. The Labute approximate surface area is 141 Å². The summed E-state index contributed by atoms with van der Waals surface area (Å²) in [5.41, 5.74) is 5.32. The van der Waals surface area contributed by atoms with Crippen molar-refractivity contribution in [3.8, 4) is 0 Å². The van der Waals surface area contributed by atoms with Crippen LogP contribution in [0.15, 0.2) is 36.4 Å². The maximum atomic E-state index is 12.6. The van der Waals surface area contributed by atoms with Crippen LogP contribution >= 0.6 is 0 Å². The van der Waals surface area contributed by atoms with Gasteiger partial charge in [-0.25, -0.2) is 9.78 Å². The van der Waals surface area contributed by atoms with E-state index in [1.807, 2.05) is 30.3 Å². The van der Waals surface area contributed by atoms with E-state index in [0.29, 0.717) is 12.8 Å². The highest BCUT2D eigenvalue weighted by Crippen LogP contribution is 2.30. The summed E-state index contributed by atoms with van der Waals surface area (Å²) >= 11 is 0. The van der Waals surface area contributed by atoms with Gasteiger partial charge in [-0.1, -0.05) is 43.5 Å². The van der Waals surface area contributed by atoms with Crippen molar-refractivity contribution in [2.75, 3.05) is 0 Å². The van der Waals surface area contributed by atoms with Crippen molar-refractivity contribution >= 4 is 22.8 Å². The Balaban J connectivity index is 1.85. The second-order valence-corrected chi connectivity index (χ2v) is 6.41. The molecule has 0 atom stereocenters. The fourth-order valence-corrected chi connectivity index (χ4v) is 3.28. The molecule has 2 N–H and O–H groups in total. The van der Waals surface area contributed by atoms with E-state index in [1.165, 1.54) is 0 Å². The number of aromatic nitrogens is 1. The van der Waals surface area contributed by atoms with E-state index in [4.69, 9.17) is 10.5 Å². The molecule has 0 saturated heterocycles. The van der Waals surface area contributed by atoms with E-state index in [1.54, 1.807) is 6.07 Å². The van der Waals surface area contributed by atoms with Crippen molar-refractivity contribution < 1.29 is 14.3 Å². The van der Waals surface area contributed by atoms with E-state index >= 15 is 0 Å². The highest BCUT2D eigenvalue weighted by atomic mass is 16.6. The van der Waals surface area contributed by atoms with Crippen molar-refractivity contribution in [3.05, 3.63) is 42.1 Å². The summed E-state index contributed by atoms with van der Waals surface area (Å²) in [6, 6.07) is 11.0. The Hall–Kier alpha value is -2.43. The zero-order valence-corrected chi connectivity index (χ0v) is 13.7. The Kier molecular flexibility index (Phi) is 4.79. The molecule has 1 amide bonds. The molecule has 5 heteroatoms. The predicted octanol–water partition coefficient (Wildman–Crippen LogP) is 3.36. The van der Waals surface area contributed by atoms with Crippen molar-refractivity contribution in [1.82, 2.24) is 4.98 Å². The number of ether oxygens (including phenoxy) is 1. The first-order valence-corrected chi connectivity index (χ1v) is 8.50. The molecule has 0 spiro atoms. The minimum Gasteiger partial charge on any atom is -0.444 e. The average molecular weight is 326 g/mol. The fourth-order valence-electron chi connectivity index (χ4n) is 3.28. The van der Waals surface area contributed by atoms with Gasteiger partial charge >= 0.3 is 5.97 Å². The van der Waals surface area contributed by atoms with Crippen LogP contribution in [-0.4, -0.2) is 22.5 Å². The number of nitrogens with zero attached hydrogens (tertiary/aromatic N) is 1. The largest absolute Gasteiger partial charge is 0.444 e. The van der Waals surface area contributed by atoms with Gasteiger partial charge in [0.15, 0.2) is 5.60 Å². The van der Waals surface area contributed by atoms with Gasteiger partial charge in [-0.3, -0.25) is 4.79 Å². The maximum absolute atomic E-state index is 12.6. The number of carbonyl (C=O) groups excluding carboxylic acids is 2. The van der Waals surface area contributed by atoms with E-state index < -0.39 is 17.5 Å². The van der Waals surface area contributed by atoms with Gasteiger partial charge in [-0.05, 0) is 37.8 Å². The van der Waals surface area contributed by atoms with Crippen LogP contribution in [0.3, 0.4) is 0 Å². The number of carbonyl (C=O) groups is 2. The molecule has 1 aromatic carbocycles. The van der Waals surface area contributed by atoms with E-state index in [-0.39, 0.29) is 5.69 Å². The molecular weight excluding hydrogens is 304 g/mol. The van der Waals surface area contributed by atoms with E-state index in [2.05, 4.69) is 4.98 Å². The third kappa shape index (κ3) is 3.40. The summed E-state index contributed by atoms with van der Waals surface area (Å²) in [6.45, 7) is 0. The summed E-state index contributed by atoms with van der Waals surface area (Å²) in [7, 11) is 0. The lowest BCUT2D eigenvalue weighted by Gasteiger charge is -2.31. The Morgan fingerprint density at radius 2 is 1.62 bits per heavy atom. The minimum atomic E-state index is -1.20. The van der Waals surface area contributed by atoms with Gasteiger partial charge in [0.1, 0.15) is 5.69 Å². The normalized spacial score (nSPS) is 17.7. The number of amides is 1. The molecule has 1 fully saturated rings. The Morgan fingerprint density at radius 3 is 2.33 bits per heavy atom. The van der Waals surface area contributed by atoms with Crippen LogP contribution < -0.4 is 5.73 Å². The smallest absolute Gasteiger partial charge is 0.358 e. The molecule has 24 heavy (non-hydrogen) atoms. The molecule has 1 saturated carbocycles. The number of fused-ring (bicyclic) bond motifs is 1. The summed E-state index contributed by atoms with van der Waals surface area (Å²) in [5.74, 6) is -1.14. The number of nitrogens with two attached hydrogens (primary N) is 1. The number of hydrogen-bond acceptors (Lipinski definition) is 4. The molecule has 5 nitrogen and oxygen atoms in total. The minimum absolute atomic E-state index is 0.205. The lowest BCUT2D eigenvalue weighted by molar-refractivity contribution is -0.139. The summed E-state index contributed by atoms with van der Waals surface area (Å²) in [5, 5.41) is 0.949. The van der Waals surface area contributed by atoms with Crippen LogP contribution in [0.1, 0.15) is 55.4 Å². The Morgan fingerprint density at radius 1 is 0.958 bits per heavy atom. The molecule has 1 aromatic heterocycles. The molecule has 1 aliphatic rings. The molecule has 0 bridgehead atoms. The molecular formula is C19H22N2O3. The van der Waals surface area contributed by atoms with Gasteiger partial charge in [0, 0.05) is 5.39 Å². The van der Waals surface area contributed by atoms with Crippen molar-refractivity contribution in [2.24, 2.45) is 5.73 Å². The highest BCUT2D eigenvalue weighted by Gasteiger charge is 2.40. The van der Waals surface area contributed by atoms with Crippen LogP contribution in [0.5, 0.6) is 0 Å². The molecule has 0 radical (unpaired) electrons. The quantitative estimate of drug-likeness (QED) is 0.877. The van der Waals surface area contributed by atoms with Gasteiger partial charge in [0.25, 0.3) is 5.91 Å². The number of primary amides is 1. The van der Waals surface area contributed by atoms with Crippen molar-refractivity contribution in [3.63, 3.8) is 0 Å². The maximum Gasteiger partial charge on any atom is 0.358 e. The zero-order chi connectivity index (χ0) is 17.0. The van der Waals surface area contributed by atoms with Crippen molar-refractivity contribution in [1.29, 1.82) is 0 Å². The first-order valence-electron chi connectivity index (χ1n) is 8.50. The predicted molar refractivity (Wildman–Crippen MR) is 91.4 cm³/mol. The van der Waals surface area contributed by atoms with Crippen LogP contribution in [0.4, 0.5) is 0 Å². The summed E-state index contributed by atoms with van der Waals surface area (Å²) in [4.78, 5) is 29.0.